The second-order valence-electron chi connectivity index (χ2n) is 20.1. The third-order valence-corrected chi connectivity index (χ3v) is 13.7. The quantitative estimate of drug-likeness (QED) is 0.00871. The Hall–Kier alpha value is -3.58. The van der Waals surface area contributed by atoms with Crippen molar-refractivity contribution in [3.05, 3.63) is 0 Å². The molecule has 0 aliphatic rings. The zero-order valence-corrected chi connectivity index (χ0v) is 45.9. The van der Waals surface area contributed by atoms with E-state index in [1.807, 2.05) is 0 Å². The van der Waals surface area contributed by atoms with E-state index in [4.69, 9.17) is 25.5 Å². The fourth-order valence-electron chi connectivity index (χ4n) is 9.05. The van der Waals surface area contributed by atoms with Crippen LogP contribution in [0.5, 0.6) is 0 Å². The highest BCUT2D eigenvalue weighted by Crippen LogP contribution is 2.24. The number of amidine groups is 1. The molecule has 0 aromatic rings. The van der Waals surface area contributed by atoms with Crippen LogP contribution in [-0.2, 0) is 38.2 Å². The Morgan fingerprint density at radius 3 is 1.44 bits per heavy atom. The van der Waals surface area contributed by atoms with Gasteiger partial charge in [0.2, 0.25) is 11.8 Å². The van der Waals surface area contributed by atoms with Crippen molar-refractivity contribution < 1.29 is 38.2 Å². The highest BCUT2D eigenvalue weighted by Gasteiger charge is 2.23. The molecule has 408 valence electrons. The van der Waals surface area contributed by atoms with Gasteiger partial charge >= 0.3 is 17.9 Å². The van der Waals surface area contributed by atoms with Crippen molar-refractivity contribution in [1.82, 2.24) is 9.80 Å². The van der Waals surface area contributed by atoms with Crippen LogP contribution >= 0.6 is 0 Å². The summed E-state index contributed by atoms with van der Waals surface area (Å²) < 4.78 is 16.7. The third kappa shape index (κ3) is 39.1. The summed E-state index contributed by atoms with van der Waals surface area (Å²) >= 11 is 0. The predicted octanol–water partition coefficient (Wildman–Crippen LogP) is 14.0. The first kappa shape index (κ1) is 66.4. The van der Waals surface area contributed by atoms with Gasteiger partial charge in [0, 0.05) is 39.4 Å². The number of carbonyl (C=O) groups excluding carboxylic acids is 5. The Bertz CT molecular complexity index is 1350. The van der Waals surface area contributed by atoms with Gasteiger partial charge in [0.25, 0.3) is 0 Å². The summed E-state index contributed by atoms with van der Waals surface area (Å²) in [5, 5.41) is 14.1. The van der Waals surface area contributed by atoms with Gasteiger partial charge in [0.15, 0.2) is 0 Å². The van der Waals surface area contributed by atoms with Crippen LogP contribution in [0.1, 0.15) is 265 Å². The maximum Gasteiger partial charge on any atom is 0.325 e. The van der Waals surface area contributed by atoms with E-state index in [0.717, 1.165) is 103 Å². The van der Waals surface area contributed by atoms with Gasteiger partial charge in [-0.25, -0.2) is 0 Å². The first-order valence-corrected chi connectivity index (χ1v) is 28.6. The van der Waals surface area contributed by atoms with Gasteiger partial charge in [-0.2, -0.15) is 0 Å². The molecule has 0 fully saturated rings. The van der Waals surface area contributed by atoms with Crippen molar-refractivity contribution in [2.45, 2.75) is 271 Å². The molecular formula is C56H106N6O8. The molecule has 2 atom stereocenters. The number of nitrogens with two attached hydrogens (primary N) is 1. The molecule has 2 unspecified atom stereocenters. The lowest BCUT2D eigenvalue weighted by Gasteiger charge is -2.29. The van der Waals surface area contributed by atoms with Crippen molar-refractivity contribution in [3.63, 3.8) is 0 Å². The lowest BCUT2D eigenvalue weighted by atomic mass is 9.91. The molecular weight excluding hydrogens is 885 g/mol. The van der Waals surface area contributed by atoms with Crippen LogP contribution in [0, 0.1) is 17.2 Å². The average molecular weight is 991 g/mol. The lowest BCUT2D eigenvalue weighted by molar-refractivity contribution is -0.149. The standard InChI is InChI=1S/C56H106N6O8/c1-7-11-15-19-22-28-37-49(36-27-18-14-10-4)56(67)70-44-32-24-30-39-50(62(6)52(63)41-42-54(65)68-45-33-40-51(57)59-60-58)38-29-23-31-43-69-55(66)47-61(5)53(64)46-48(34-25-20-16-12-8-2)35-26-21-17-13-9-3/h48-50H,7-47H2,1-6H3,(H3,57,58,59). The van der Waals surface area contributed by atoms with Gasteiger partial charge in [-0.3, -0.25) is 29.4 Å². The van der Waals surface area contributed by atoms with Crippen molar-refractivity contribution in [3.8, 4) is 0 Å². The molecule has 2 amide bonds. The van der Waals surface area contributed by atoms with E-state index in [2.05, 4.69) is 38.0 Å². The predicted molar refractivity (Wildman–Crippen MR) is 284 cm³/mol. The van der Waals surface area contributed by atoms with Crippen LogP contribution in [0.4, 0.5) is 0 Å². The summed E-state index contributed by atoms with van der Waals surface area (Å²) in [4.78, 5) is 68.3. The molecule has 0 aromatic heterocycles. The van der Waals surface area contributed by atoms with Gasteiger partial charge in [0.1, 0.15) is 12.4 Å². The number of nitrogens with zero attached hydrogens (tertiary/aromatic N) is 4. The smallest absolute Gasteiger partial charge is 0.325 e. The first-order chi connectivity index (χ1) is 33.9. The van der Waals surface area contributed by atoms with Crippen molar-refractivity contribution in [1.29, 1.82) is 5.41 Å². The SMILES string of the molecule is CCCCCCCCC(CCCCCC)C(=O)OCCCCCC(CCCCCOC(=O)CN(C)C(=O)CC(CCCCCCC)CCCCCCC)N(C)C(=O)CCC(=O)OCCCC(=N)N=NN. The molecule has 0 spiro atoms. The number of hydrogen-bond donors (Lipinski definition) is 2. The molecule has 70 heavy (non-hydrogen) atoms. The van der Waals surface area contributed by atoms with Crippen molar-refractivity contribution in [2.75, 3.05) is 40.5 Å². The molecule has 14 heteroatoms. The summed E-state index contributed by atoms with van der Waals surface area (Å²) in [5.41, 5.74) is 0. The second kappa shape index (κ2) is 47.7. The molecule has 0 aliphatic carbocycles. The molecule has 0 bridgehead atoms. The lowest BCUT2D eigenvalue weighted by Crippen LogP contribution is -2.37. The first-order valence-electron chi connectivity index (χ1n) is 28.6. The van der Waals surface area contributed by atoms with Gasteiger partial charge < -0.3 is 29.9 Å². The summed E-state index contributed by atoms with van der Waals surface area (Å²) in [6.45, 7) is 9.62. The fourth-order valence-corrected chi connectivity index (χ4v) is 9.05. The molecule has 0 radical (unpaired) electrons. The van der Waals surface area contributed by atoms with Crippen LogP contribution in [0.25, 0.3) is 0 Å². The number of hydrogen-bond acceptors (Lipinski definition) is 10. The van der Waals surface area contributed by atoms with E-state index in [9.17, 15) is 24.0 Å². The zero-order valence-electron chi connectivity index (χ0n) is 45.9. The van der Waals surface area contributed by atoms with Gasteiger partial charge in [-0.15, -0.1) is 5.11 Å². The number of ether oxygens (including phenoxy) is 3. The van der Waals surface area contributed by atoms with Crippen LogP contribution in [0.2, 0.25) is 0 Å². The van der Waals surface area contributed by atoms with Crippen molar-refractivity contribution in [2.24, 2.45) is 28.0 Å². The van der Waals surface area contributed by atoms with Gasteiger partial charge in [-0.05, 0) is 76.5 Å². The molecule has 0 saturated carbocycles. The average Bonchev–Trinajstić information content (AvgIpc) is 3.34. The largest absolute Gasteiger partial charge is 0.466 e. The molecule has 0 aromatic carbocycles. The Balaban J connectivity index is 5.16. The third-order valence-electron chi connectivity index (χ3n) is 13.7. The minimum absolute atomic E-state index is 0.00522. The monoisotopic (exact) mass is 991 g/mol. The zero-order chi connectivity index (χ0) is 51.9. The summed E-state index contributed by atoms with van der Waals surface area (Å²) in [6.07, 6.45) is 35.5. The summed E-state index contributed by atoms with van der Waals surface area (Å²) in [7, 11) is 3.50. The van der Waals surface area contributed by atoms with Crippen LogP contribution in [0.15, 0.2) is 10.3 Å². The van der Waals surface area contributed by atoms with Crippen molar-refractivity contribution >= 4 is 35.6 Å². The molecule has 0 aliphatic heterocycles. The molecule has 3 N–H and O–H groups in total. The molecule has 0 heterocycles. The van der Waals surface area contributed by atoms with Crippen LogP contribution in [-0.4, -0.2) is 91.9 Å². The normalized spacial score (nSPS) is 12.3. The number of carbonyl (C=O) groups is 5. The maximum absolute atomic E-state index is 13.4. The molecule has 0 saturated heterocycles. The van der Waals surface area contributed by atoms with E-state index < -0.39 is 11.9 Å². The Kier molecular flexibility index (Phi) is 45.3. The topological polar surface area (TPSA) is 194 Å². The number of rotatable bonds is 49. The van der Waals surface area contributed by atoms with E-state index in [0.29, 0.717) is 31.8 Å². The highest BCUT2D eigenvalue weighted by molar-refractivity contribution is 5.82. The molecule has 14 nitrogen and oxygen atoms in total. The Morgan fingerprint density at radius 1 is 0.486 bits per heavy atom. The van der Waals surface area contributed by atoms with E-state index in [1.54, 1.807) is 19.0 Å². The number of esters is 3. The van der Waals surface area contributed by atoms with Crippen LogP contribution < -0.4 is 5.84 Å². The maximum atomic E-state index is 13.4. The highest BCUT2D eigenvalue weighted by atomic mass is 16.5. The minimum atomic E-state index is -0.467. The van der Waals surface area contributed by atoms with E-state index in [1.165, 1.54) is 101 Å². The second-order valence-corrected chi connectivity index (χ2v) is 20.1. The summed E-state index contributed by atoms with van der Waals surface area (Å²) in [5.74, 6) is 4.29. The summed E-state index contributed by atoms with van der Waals surface area (Å²) in [6, 6.07) is -0.0441. The fraction of sp³-hybridized carbons (Fsp3) is 0.893. The number of likely N-dealkylation sites (N-methyl/N-ethyl adjacent to an activating group) is 1. The minimum Gasteiger partial charge on any atom is -0.466 e. The molecule has 0 rings (SSSR count). The van der Waals surface area contributed by atoms with E-state index >= 15 is 0 Å². The number of nitrogens with one attached hydrogen (secondary N) is 1. The van der Waals surface area contributed by atoms with Gasteiger partial charge in [-0.1, -0.05) is 174 Å². The van der Waals surface area contributed by atoms with E-state index in [-0.39, 0.29) is 74.6 Å². The number of amides is 2. The number of unbranched alkanes of at least 4 members (excludes halogenated alkanes) is 20. The van der Waals surface area contributed by atoms with Gasteiger partial charge in [0.05, 0.1) is 32.2 Å². The Labute approximate surface area is 427 Å². The van der Waals surface area contributed by atoms with Crippen LogP contribution in [0.3, 0.4) is 0 Å². The Morgan fingerprint density at radius 2 is 0.914 bits per heavy atom.